The van der Waals surface area contributed by atoms with Gasteiger partial charge in [0, 0.05) is 5.97 Å². The summed E-state index contributed by atoms with van der Waals surface area (Å²) in [5, 5.41) is 9.76. The molecule has 1 aromatic heterocycles. The topological polar surface area (TPSA) is 48.9 Å². The quantitative estimate of drug-likeness (QED) is 0.600. The number of carboxylic acid groups (broad SMARTS) is 1. The number of nitrogens with zero attached hydrogens (tertiary/aromatic N) is 2. The second-order valence-electron chi connectivity index (χ2n) is 5.07. The Morgan fingerprint density at radius 3 is 2.48 bits per heavy atom. The number of aliphatic carboxylic acids is 1. The summed E-state index contributed by atoms with van der Waals surface area (Å²) in [5.41, 5.74) is 1.33. The lowest BCUT2D eigenvalue weighted by Crippen LogP contribution is -2.23. The van der Waals surface area contributed by atoms with E-state index in [0.717, 1.165) is 25.8 Å². The fourth-order valence-corrected chi connectivity index (χ4v) is 1.91. The van der Waals surface area contributed by atoms with Crippen molar-refractivity contribution in [1.29, 1.82) is 0 Å². The van der Waals surface area contributed by atoms with Gasteiger partial charge in [-0.05, 0) is 18.4 Å². The van der Waals surface area contributed by atoms with E-state index >= 15 is 0 Å². The average Bonchev–Trinajstić information content (AvgIpc) is 2.86. The molecule has 0 saturated carbocycles. The van der Waals surface area contributed by atoms with Crippen molar-refractivity contribution >= 4 is 5.97 Å². The lowest BCUT2D eigenvalue weighted by molar-refractivity contribution is -0.671. The Labute approximate surface area is 126 Å². The van der Waals surface area contributed by atoms with Gasteiger partial charge in [0.1, 0.15) is 18.9 Å². The van der Waals surface area contributed by atoms with Crippen LogP contribution in [0.25, 0.3) is 0 Å². The summed E-state index contributed by atoms with van der Waals surface area (Å²) in [7, 11) is 2.03. The van der Waals surface area contributed by atoms with Gasteiger partial charge in [0.2, 0.25) is 6.33 Å². The number of aromatic nitrogens is 2. The van der Waals surface area contributed by atoms with Crippen LogP contribution in [0.5, 0.6) is 0 Å². The first-order valence-electron chi connectivity index (χ1n) is 7.36. The van der Waals surface area contributed by atoms with Crippen LogP contribution < -0.4 is 9.67 Å². The fourth-order valence-electron chi connectivity index (χ4n) is 1.91. The molecule has 21 heavy (non-hydrogen) atoms. The number of aryl methyl sites for hydroxylation is 1. The van der Waals surface area contributed by atoms with E-state index < -0.39 is 5.97 Å². The average molecular weight is 288 g/mol. The molecular weight excluding hydrogens is 264 g/mol. The zero-order valence-corrected chi connectivity index (χ0v) is 12.9. The lowest BCUT2D eigenvalue weighted by atomic mass is 10.2. The highest BCUT2D eigenvalue weighted by molar-refractivity contribution is 5.63. The minimum absolute atomic E-state index is 0.216. The second-order valence-corrected chi connectivity index (χ2v) is 5.07. The van der Waals surface area contributed by atoms with Gasteiger partial charge in [0.25, 0.3) is 0 Å². The lowest BCUT2D eigenvalue weighted by Gasteiger charge is -1.97. The molecule has 4 heteroatoms. The van der Waals surface area contributed by atoms with Crippen LogP contribution in [0.3, 0.4) is 0 Å². The zero-order chi connectivity index (χ0) is 15.5. The molecule has 0 spiro atoms. The van der Waals surface area contributed by atoms with Crippen molar-refractivity contribution in [2.45, 2.75) is 39.2 Å². The third-order valence-electron chi connectivity index (χ3n) is 3.02. The minimum atomic E-state index is -0.932. The van der Waals surface area contributed by atoms with E-state index in [0.29, 0.717) is 0 Å². The SMILES string of the molecule is CCCCCC(=O)[O-].C[n+]1ccn(Cc2ccccc2)c1. The second kappa shape index (κ2) is 9.75. The Bertz CT molecular complexity index is 521. The number of imidazole rings is 1. The summed E-state index contributed by atoms with van der Waals surface area (Å²) >= 11 is 0. The van der Waals surface area contributed by atoms with E-state index in [4.69, 9.17) is 0 Å². The molecule has 0 atom stereocenters. The normalized spacial score (nSPS) is 9.81. The first kappa shape index (κ1) is 17.0. The Morgan fingerprint density at radius 2 is 1.95 bits per heavy atom. The summed E-state index contributed by atoms with van der Waals surface area (Å²) in [5.74, 6) is -0.932. The van der Waals surface area contributed by atoms with Gasteiger partial charge < -0.3 is 9.90 Å². The third-order valence-corrected chi connectivity index (χ3v) is 3.02. The van der Waals surface area contributed by atoms with Gasteiger partial charge in [-0.15, -0.1) is 0 Å². The zero-order valence-electron chi connectivity index (χ0n) is 12.9. The molecule has 0 saturated heterocycles. The van der Waals surface area contributed by atoms with Crippen LogP contribution in [0.2, 0.25) is 0 Å². The Kier molecular flexibility index (Phi) is 7.87. The molecule has 1 heterocycles. The highest BCUT2D eigenvalue weighted by Crippen LogP contribution is 2.00. The van der Waals surface area contributed by atoms with E-state index in [1.54, 1.807) is 0 Å². The predicted molar refractivity (Wildman–Crippen MR) is 80.3 cm³/mol. The van der Waals surface area contributed by atoms with E-state index in [2.05, 4.69) is 41.4 Å². The van der Waals surface area contributed by atoms with Crippen molar-refractivity contribution in [3.05, 3.63) is 54.6 Å². The smallest absolute Gasteiger partial charge is 0.243 e. The molecule has 0 unspecified atom stereocenters. The molecular formula is C17H24N2O2. The Morgan fingerprint density at radius 1 is 1.24 bits per heavy atom. The van der Waals surface area contributed by atoms with Crippen molar-refractivity contribution in [3.63, 3.8) is 0 Å². The molecule has 2 aromatic rings. The maximum absolute atomic E-state index is 9.76. The molecule has 1 aromatic carbocycles. The number of unbranched alkanes of at least 4 members (excludes halogenated alkanes) is 2. The van der Waals surface area contributed by atoms with Gasteiger partial charge >= 0.3 is 0 Å². The maximum Gasteiger partial charge on any atom is 0.243 e. The van der Waals surface area contributed by atoms with Gasteiger partial charge in [-0.25, -0.2) is 9.13 Å². The van der Waals surface area contributed by atoms with E-state index in [9.17, 15) is 9.90 Å². The molecule has 0 N–H and O–H groups in total. The summed E-state index contributed by atoms with van der Waals surface area (Å²) in [6.45, 7) is 2.98. The number of rotatable bonds is 6. The standard InChI is InChI=1S/C11H13N2.C6H12O2/c1-12-7-8-13(10-12)9-11-5-3-2-4-6-11;1-2-3-4-5-6(7)8/h2-8,10H,9H2,1H3;2-5H2,1H3,(H,7,8)/q+1;/p-1. The summed E-state index contributed by atoms with van der Waals surface area (Å²) in [4.78, 5) is 9.76. The largest absolute Gasteiger partial charge is 0.550 e. The third kappa shape index (κ3) is 7.92. The first-order chi connectivity index (χ1) is 10.1. The van der Waals surface area contributed by atoms with Crippen LogP contribution in [0, 0.1) is 0 Å². The summed E-state index contributed by atoms with van der Waals surface area (Å²) in [6, 6.07) is 10.5. The van der Waals surface area contributed by atoms with Crippen LogP contribution in [0.1, 0.15) is 38.2 Å². The molecule has 0 aliphatic heterocycles. The maximum atomic E-state index is 9.76. The molecule has 114 valence electrons. The number of hydrogen-bond acceptors (Lipinski definition) is 2. The molecule has 4 nitrogen and oxygen atoms in total. The molecule has 0 aliphatic rings. The molecule has 0 aliphatic carbocycles. The summed E-state index contributed by atoms with van der Waals surface area (Å²) in [6.07, 6.45) is 9.23. The number of carbonyl (C=O) groups is 1. The van der Waals surface area contributed by atoms with E-state index in [-0.39, 0.29) is 6.42 Å². The number of hydrogen-bond donors (Lipinski definition) is 0. The highest BCUT2D eigenvalue weighted by atomic mass is 16.4. The molecule has 0 bridgehead atoms. The van der Waals surface area contributed by atoms with Crippen LogP contribution in [-0.4, -0.2) is 10.5 Å². The fraction of sp³-hybridized carbons (Fsp3) is 0.412. The van der Waals surface area contributed by atoms with Crippen molar-refractivity contribution in [1.82, 2.24) is 4.57 Å². The highest BCUT2D eigenvalue weighted by Gasteiger charge is 1.99. The molecule has 0 radical (unpaired) electrons. The van der Waals surface area contributed by atoms with E-state index in [1.807, 2.05) is 30.8 Å². The summed E-state index contributed by atoms with van der Waals surface area (Å²) < 4.78 is 4.21. The molecule has 0 fully saturated rings. The molecule has 0 amide bonds. The van der Waals surface area contributed by atoms with Gasteiger partial charge in [-0.3, -0.25) is 0 Å². The van der Waals surface area contributed by atoms with Crippen LogP contribution in [0.4, 0.5) is 0 Å². The number of carboxylic acids is 1. The van der Waals surface area contributed by atoms with Crippen LogP contribution in [-0.2, 0) is 18.4 Å². The van der Waals surface area contributed by atoms with Gasteiger partial charge in [0.05, 0.1) is 7.05 Å². The Balaban J connectivity index is 0.000000240. The van der Waals surface area contributed by atoms with Crippen molar-refractivity contribution in [2.24, 2.45) is 7.05 Å². The van der Waals surface area contributed by atoms with Crippen molar-refractivity contribution in [3.8, 4) is 0 Å². The van der Waals surface area contributed by atoms with Crippen LogP contribution >= 0.6 is 0 Å². The molecule has 2 rings (SSSR count). The Hall–Kier alpha value is -2.10. The van der Waals surface area contributed by atoms with E-state index in [1.165, 1.54) is 5.56 Å². The monoisotopic (exact) mass is 288 g/mol. The van der Waals surface area contributed by atoms with Crippen molar-refractivity contribution in [2.75, 3.05) is 0 Å². The van der Waals surface area contributed by atoms with Gasteiger partial charge in [0.15, 0.2) is 0 Å². The minimum Gasteiger partial charge on any atom is -0.550 e. The first-order valence-corrected chi connectivity index (χ1v) is 7.36. The van der Waals surface area contributed by atoms with Crippen LogP contribution in [0.15, 0.2) is 49.1 Å². The van der Waals surface area contributed by atoms with Crippen molar-refractivity contribution < 1.29 is 14.5 Å². The van der Waals surface area contributed by atoms with Gasteiger partial charge in [-0.1, -0.05) is 50.1 Å². The number of carbonyl (C=O) groups excluding carboxylic acids is 1. The van der Waals surface area contributed by atoms with Gasteiger partial charge in [-0.2, -0.15) is 0 Å². The number of benzene rings is 1. The predicted octanol–water partition coefficient (Wildman–Crippen LogP) is 1.68.